The van der Waals surface area contributed by atoms with Gasteiger partial charge in [-0.15, -0.1) is 0 Å². The van der Waals surface area contributed by atoms with Crippen molar-refractivity contribution in [3.05, 3.63) is 51.9 Å². The van der Waals surface area contributed by atoms with Gasteiger partial charge in [0.1, 0.15) is 10.2 Å². The first-order chi connectivity index (χ1) is 10.9. The van der Waals surface area contributed by atoms with Gasteiger partial charge in [-0.25, -0.2) is 9.97 Å². The quantitative estimate of drug-likeness (QED) is 0.766. The molecule has 0 aliphatic carbocycles. The number of ether oxygens (including phenoxy) is 1. The maximum Gasteiger partial charge on any atom is 0.255 e. The fraction of sp³-hybridized carbons (Fsp3) is 0.312. The highest BCUT2D eigenvalue weighted by Gasteiger charge is 2.16. The maximum absolute atomic E-state index is 12.4. The first kappa shape index (κ1) is 17.5. The van der Waals surface area contributed by atoms with E-state index in [4.69, 9.17) is 27.9 Å². The molecule has 0 aliphatic rings. The van der Waals surface area contributed by atoms with E-state index in [1.165, 1.54) is 6.20 Å². The maximum atomic E-state index is 12.4. The van der Waals surface area contributed by atoms with Crippen molar-refractivity contribution in [3.8, 4) is 5.88 Å². The Kier molecular flexibility index (Phi) is 5.80. The molecule has 0 radical (unpaired) electrons. The Bertz CT molecular complexity index is 690. The van der Waals surface area contributed by atoms with Crippen LogP contribution in [0.1, 0.15) is 29.8 Å². The Hall–Kier alpha value is -1.85. The Labute approximate surface area is 145 Å². The molecule has 0 spiro atoms. The summed E-state index contributed by atoms with van der Waals surface area (Å²) in [5, 5.41) is 0.727. The summed E-state index contributed by atoms with van der Waals surface area (Å²) < 4.78 is 5.46. The fourth-order valence-electron chi connectivity index (χ4n) is 1.92. The standard InChI is InChI=1S/C16H17Cl2N3O2/c1-10(2)23-15-13(17)6-12(8-20-15)16(22)21(3)9-11-4-5-14(18)19-7-11/h4-8,10H,9H2,1-3H3. The van der Waals surface area contributed by atoms with Crippen molar-refractivity contribution in [2.75, 3.05) is 7.05 Å². The SMILES string of the molecule is CC(C)Oc1ncc(C(=O)N(C)Cc2ccc(Cl)nc2)cc1Cl. The molecule has 0 bridgehead atoms. The first-order valence-corrected chi connectivity index (χ1v) is 7.80. The van der Waals surface area contributed by atoms with Gasteiger partial charge >= 0.3 is 0 Å². The summed E-state index contributed by atoms with van der Waals surface area (Å²) in [6.45, 7) is 4.17. The minimum Gasteiger partial charge on any atom is -0.474 e. The van der Waals surface area contributed by atoms with Gasteiger partial charge in [0, 0.05) is 26.0 Å². The summed E-state index contributed by atoms with van der Waals surface area (Å²) in [5.74, 6) is 0.133. The molecule has 5 nitrogen and oxygen atoms in total. The monoisotopic (exact) mass is 353 g/mol. The number of halogens is 2. The van der Waals surface area contributed by atoms with Gasteiger partial charge in [0.25, 0.3) is 5.91 Å². The molecule has 1 amide bonds. The number of amides is 1. The molecule has 0 unspecified atom stereocenters. The van der Waals surface area contributed by atoms with Crippen LogP contribution in [0.3, 0.4) is 0 Å². The zero-order valence-electron chi connectivity index (χ0n) is 13.1. The summed E-state index contributed by atoms with van der Waals surface area (Å²) >= 11 is 11.9. The van der Waals surface area contributed by atoms with Crippen LogP contribution in [0.2, 0.25) is 10.2 Å². The molecule has 0 aromatic carbocycles. The van der Waals surface area contributed by atoms with Gasteiger partial charge in [-0.05, 0) is 31.5 Å². The highest BCUT2D eigenvalue weighted by Crippen LogP contribution is 2.24. The normalized spacial score (nSPS) is 10.7. The van der Waals surface area contributed by atoms with Crippen LogP contribution in [-0.4, -0.2) is 33.9 Å². The number of pyridine rings is 2. The van der Waals surface area contributed by atoms with Gasteiger partial charge in [-0.2, -0.15) is 0 Å². The van der Waals surface area contributed by atoms with Crippen molar-refractivity contribution < 1.29 is 9.53 Å². The summed E-state index contributed by atoms with van der Waals surface area (Å²) in [6, 6.07) is 5.07. The predicted molar refractivity (Wildman–Crippen MR) is 90.1 cm³/mol. The second-order valence-electron chi connectivity index (χ2n) is 5.33. The largest absolute Gasteiger partial charge is 0.474 e. The molecule has 0 atom stereocenters. The highest BCUT2D eigenvalue weighted by atomic mass is 35.5. The smallest absolute Gasteiger partial charge is 0.255 e. The van der Waals surface area contributed by atoms with Gasteiger partial charge in [-0.3, -0.25) is 4.79 Å². The van der Waals surface area contributed by atoms with E-state index in [1.807, 2.05) is 19.9 Å². The summed E-state index contributed by atoms with van der Waals surface area (Å²) in [5.41, 5.74) is 1.28. The van der Waals surface area contributed by atoms with E-state index in [1.54, 1.807) is 30.3 Å². The van der Waals surface area contributed by atoms with Crippen LogP contribution in [0.4, 0.5) is 0 Å². The lowest BCUT2D eigenvalue weighted by Gasteiger charge is -2.18. The van der Waals surface area contributed by atoms with Crippen LogP contribution < -0.4 is 4.74 Å². The topological polar surface area (TPSA) is 55.3 Å². The Balaban J connectivity index is 2.09. The molecule has 0 N–H and O–H groups in total. The molecular weight excluding hydrogens is 337 g/mol. The first-order valence-electron chi connectivity index (χ1n) is 7.05. The van der Waals surface area contributed by atoms with Crippen LogP contribution in [0.25, 0.3) is 0 Å². The minimum atomic E-state index is -0.189. The molecule has 7 heteroatoms. The van der Waals surface area contributed by atoms with E-state index in [9.17, 15) is 4.79 Å². The molecule has 0 fully saturated rings. The molecule has 2 heterocycles. The Morgan fingerprint density at radius 2 is 2.00 bits per heavy atom. The number of carbonyl (C=O) groups excluding carboxylic acids is 1. The van der Waals surface area contributed by atoms with E-state index in [2.05, 4.69) is 9.97 Å². The zero-order valence-corrected chi connectivity index (χ0v) is 14.6. The lowest BCUT2D eigenvalue weighted by molar-refractivity contribution is 0.0784. The van der Waals surface area contributed by atoms with Crippen LogP contribution in [0, 0.1) is 0 Å². The number of hydrogen-bond donors (Lipinski definition) is 0. The molecule has 0 aliphatic heterocycles. The number of rotatable bonds is 5. The third-order valence-electron chi connectivity index (χ3n) is 2.96. The van der Waals surface area contributed by atoms with Crippen LogP contribution in [-0.2, 0) is 6.54 Å². The number of nitrogens with zero attached hydrogens (tertiary/aromatic N) is 3. The molecule has 2 rings (SSSR count). The van der Waals surface area contributed by atoms with Crippen molar-refractivity contribution in [2.45, 2.75) is 26.5 Å². The zero-order chi connectivity index (χ0) is 17.0. The lowest BCUT2D eigenvalue weighted by atomic mass is 10.2. The molecule has 23 heavy (non-hydrogen) atoms. The van der Waals surface area contributed by atoms with Gasteiger partial charge in [0.2, 0.25) is 5.88 Å². The van der Waals surface area contributed by atoms with Crippen LogP contribution in [0.5, 0.6) is 5.88 Å². The van der Waals surface area contributed by atoms with Crippen molar-refractivity contribution in [3.63, 3.8) is 0 Å². The molecule has 2 aromatic heterocycles. The van der Waals surface area contributed by atoms with E-state index >= 15 is 0 Å². The molecule has 0 saturated carbocycles. The van der Waals surface area contributed by atoms with E-state index in [-0.39, 0.29) is 12.0 Å². The fourth-order valence-corrected chi connectivity index (χ4v) is 2.24. The van der Waals surface area contributed by atoms with Crippen LogP contribution >= 0.6 is 23.2 Å². The Morgan fingerprint density at radius 1 is 1.26 bits per heavy atom. The average Bonchev–Trinajstić information content (AvgIpc) is 2.50. The van der Waals surface area contributed by atoms with E-state index in [0.717, 1.165) is 5.56 Å². The predicted octanol–water partition coefficient (Wildman–Crippen LogP) is 3.84. The third kappa shape index (κ3) is 4.81. The van der Waals surface area contributed by atoms with Crippen molar-refractivity contribution in [1.29, 1.82) is 0 Å². The van der Waals surface area contributed by atoms with E-state index in [0.29, 0.717) is 28.2 Å². The average molecular weight is 354 g/mol. The Morgan fingerprint density at radius 3 is 2.57 bits per heavy atom. The number of carbonyl (C=O) groups is 1. The molecule has 122 valence electrons. The lowest BCUT2D eigenvalue weighted by Crippen LogP contribution is -2.26. The molecular formula is C16H17Cl2N3O2. The van der Waals surface area contributed by atoms with Gasteiger partial charge in [-0.1, -0.05) is 29.3 Å². The van der Waals surface area contributed by atoms with Crippen molar-refractivity contribution >= 4 is 29.1 Å². The van der Waals surface area contributed by atoms with Crippen molar-refractivity contribution in [1.82, 2.24) is 14.9 Å². The second-order valence-corrected chi connectivity index (χ2v) is 6.12. The highest BCUT2D eigenvalue weighted by molar-refractivity contribution is 6.32. The van der Waals surface area contributed by atoms with Gasteiger partial charge in [0.05, 0.1) is 11.7 Å². The number of hydrogen-bond acceptors (Lipinski definition) is 4. The van der Waals surface area contributed by atoms with E-state index < -0.39 is 0 Å². The van der Waals surface area contributed by atoms with Gasteiger partial charge in [0.15, 0.2) is 0 Å². The second kappa shape index (κ2) is 7.62. The van der Waals surface area contributed by atoms with Gasteiger partial charge < -0.3 is 9.64 Å². The molecule has 0 saturated heterocycles. The number of aromatic nitrogens is 2. The summed E-state index contributed by atoms with van der Waals surface area (Å²) in [7, 11) is 1.70. The summed E-state index contributed by atoms with van der Waals surface area (Å²) in [4.78, 5) is 22.1. The molecule has 2 aromatic rings. The van der Waals surface area contributed by atoms with Crippen LogP contribution in [0.15, 0.2) is 30.6 Å². The third-order valence-corrected chi connectivity index (χ3v) is 3.45. The summed E-state index contributed by atoms with van der Waals surface area (Å²) in [6.07, 6.45) is 3.06. The van der Waals surface area contributed by atoms with Crippen molar-refractivity contribution in [2.24, 2.45) is 0 Å². The minimum absolute atomic E-state index is 0.0402.